The zero-order valence-electron chi connectivity index (χ0n) is 20.3. The number of methoxy groups -OCH3 is 2. The van der Waals surface area contributed by atoms with E-state index in [2.05, 4.69) is 17.5 Å². The van der Waals surface area contributed by atoms with Crippen LogP contribution in [0.3, 0.4) is 0 Å². The lowest BCUT2D eigenvalue weighted by atomic mass is 10.1. The van der Waals surface area contributed by atoms with Gasteiger partial charge in [-0.2, -0.15) is 10.4 Å². The molecule has 1 N–H and O–H groups in total. The van der Waals surface area contributed by atoms with E-state index in [1.165, 1.54) is 12.8 Å². The van der Waals surface area contributed by atoms with Crippen LogP contribution in [0.15, 0.2) is 51.9 Å². The molecular formula is C27H28N4O3S. The van der Waals surface area contributed by atoms with Gasteiger partial charge < -0.3 is 19.2 Å². The molecule has 0 saturated heterocycles. The van der Waals surface area contributed by atoms with E-state index in [0.717, 1.165) is 56.7 Å². The van der Waals surface area contributed by atoms with Crippen molar-refractivity contribution in [3.63, 3.8) is 0 Å². The molecule has 3 heterocycles. The predicted molar refractivity (Wildman–Crippen MR) is 137 cm³/mol. The van der Waals surface area contributed by atoms with E-state index in [9.17, 15) is 5.26 Å². The standard InChI is InChI=1S/C27H28N4O3S/c1-16-12-23(32-2)25(24(13-16)33-3)20-6-5-7-21-26(27(35-4)30-31(20)21)29-19(14-17-8-9-17)22-11-10-18(15-28)34-22/h5-7,10-13,17,19,29H,8-9,14H2,1-4H3. The third-order valence-corrected chi connectivity index (χ3v) is 7.06. The number of fused-ring (bicyclic) bond motifs is 1. The molecule has 1 aromatic carbocycles. The van der Waals surface area contributed by atoms with Crippen LogP contribution in [0.1, 0.15) is 42.4 Å². The smallest absolute Gasteiger partial charge is 0.203 e. The first kappa shape index (κ1) is 23.2. The minimum absolute atomic E-state index is 0.0457. The first-order valence-corrected chi connectivity index (χ1v) is 12.8. The van der Waals surface area contributed by atoms with Crippen LogP contribution in [0.4, 0.5) is 5.69 Å². The molecule has 1 aliphatic rings. The molecule has 0 spiro atoms. The molecular weight excluding hydrogens is 460 g/mol. The highest BCUT2D eigenvalue weighted by Crippen LogP contribution is 2.44. The van der Waals surface area contributed by atoms with Gasteiger partial charge in [-0.05, 0) is 67.5 Å². The largest absolute Gasteiger partial charge is 0.496 e. The van der Waals surface area contributed by atoms with Gasteiger partial charge in [-0.3, -0.25) is 0 Å². The summed E-state index contributed by atoms with van der Waals surface area (Å²) >= 11 is 1.59. The quantitative estimate of drug-likeness (QED) is 0.270. The van der Waals surface area contributed by atoms with E-state index in [-0.39, 0.29) is 6.04 Å². The first-order valence-electron chi connectivity index (χ1n) is 11.6. The number of furan rings is 1. The highest BCUT2D eigenvalue weighted by molar-refractivity contribution is 7.98. The zero-order valence-corrected chi connectivity index (χ0v) is 21.1. The van der Waals surface area contributed by atoms with Crippen LogP contribution in [0.5, 0.6) is 11.5 Å². The highest BCUT2D eigenvalue weighted by atomic mass is 32.2. The maximum absolute atomic E-state index is 9.25. The molecule has 1 fully saturated rings. The third kappa shape index (κ3) is 4.44. The SMILES string of the molecule is COc1cc(C)cc(OC)c1-c1cccc2c(NC(CC3CC3)c3ccc(C#N)o3)c(SC)nn12. The fourth-order valence-electron chi connectivity index (χ4n) is 4.52. The lowest BCUT2D eigenvalue weighted by Gasteiger charge is -2.18. The Kier molecular flexibility index (Phi) is 6.35. The Morgan fingerprint density at radius 1 is 1.20 bits per heavy atom. The maximum Gasteiger partial charge on any atom is 0.203 e. The molecule has 1 saturated carbocycles. The van der Waals surface area contributed by atoms with Gasteiger partial charge in [0.15, 0.2) is 0 Å². The Bertz CT molecular complexity index is 1390. The molecule has 1 aliphatic carbocycles. The van der Waals surface area contributed by atoms with Crippen LogP contribution in [0.2, 0.25) is 0 Å². The monoisotopic (exact) mass is 488 g/mol. The molecule has 0 bridgehead atoms. The maximum atomic E-state index is 9.25. The van der Waals surface area contributed by atoms with Crippen molar-refractivity contribution in [3.8, 4) is 28.8 Å². The Balaban J connectivity index is 1.63. The normalized spacial score (nSPS) is 14.0. The van der Waals surface area contributed by atoms with E-state index in [1.807, 2.05) is 48.0 Å². The molecule has 180 valence electrons. The van der Waals surface area contributed by atoms with Crippen molar-refractivity contribution in [2.24, 2.45) is 5.92 Å². The molecule has 0 amide bonds. The fourth-order valence-corrected chi connectivity index (χ4v) is 5.05. The summed E-state index contributed by atoms with van der Waals surface area (Å²) in [6.45, 7) is 2.02. The van der Waals surface area contributed by atoms with E-state index >= 15 is 0 Å². The van der Waals surface area contributed by atoms with Crippen molar-refractivity contribution in [3.05, 3.63) is 59.5 Å². The van der Waals surface area contributed by atoms with Gasteiger partial charge in [0.2, 0.25) is 5.76 Å². The van der Waals surface area contributed by atoms with Crippen molar-refractivity contribution in [2.45, 2.75) is 37.3 Å². The van der Waals surface area contributed by atoms with Crippen LogP contribution in [0, 0.1) is 24.2 Å². The second-order valence-corrected chi connectivity index (χ2v) is 9.62. The Morgan fingerprint density at radius 3 is 2.54 bits per heavy atom. The van der Waals surface area contributed by atoms with Gasteiger partial charge in [-0.1, -0.05) is 18.9 Å². The number of pyridine rings is 1. The summed E-state index contributed by atoms with van der Waals surface area (Å²) in [6, 6.07) is 15.8. The average Bonchev–Trinajstić information content (AvgIpc) is 3.43. The topological polar surface area (TPSA) is 84.7 Å². The number of aryl methyl sites for hydroxylation is 1. The number of benzene rings is 1. The first-order chi connectivity index (χ1) is 17.1. The van der Waals surface area contributed by atoms with Crippen LogP contribution >= 0.6 is 11.8 Å². The lowest BCUT2D eigenvalue weighted by Crippen LogP contribution is -2.11. The van der Waals surface area contributed by atoms with Crippen LogP contribution in [-0.2, 0) is 0 Å². The fraction of sp³-hybridized carbons (Fsp3) is 0.333. The summed E-state index contributed by atoms with van der Waals surface area (Å²) in [5.74, 6) is 3.23. The Labute approximate surface area is 209 Å². The van der Waals surface area contributed by atoms with Gasteiger partial charge in [0.25, 0.3) is 0 Å². The molecule has 35 heavy (non-hydrogen) atoms. The number of anilines is 1. The molecule has 0 radical (unpaired) electrons. The summed E-state index contributed by atoms with van der Waals surface area (Å²) in [4.78, 5) is 0. The number of hydrogen-bond acceptors (Lipinski definition) is 7. The number of nitrogens with one attached hydrogen (secondary N) is 1. The van der Waals surface area contributed by atoms with Crippen LogP contribution in [-0.4, -0.2) is 30.1 Å². The van der Waals surface area contributed by atoms with Gasteiger partial charge >= 0.3 is 0 Å². The molecule has 1 unspecified atom stereocenters. The number of aromatic nitrogens is 2. The van der Waals surface area contributed by atoms with Crippen molar-refractivity contribution in [1.29, 1.82) is 5.26 Å². The van der Waals surface area contributed by atoms with E-state index in [4.69, 9.17) is 19.0 Å². The number of rotatable bonds is 9. The highest BCUT2D eigenvalue weighted by Gasteiger charge is 2.30. The predicted octanol–water partition coefficient (Wildman–Crippen LogP) is 6.47. The minimum atomic E-state index is -0.0457. The Morgan fingerprint density at radius 2 is 1.94 bits per heavy atom. The molecule has 8 heteroatoms. The molecule has 5 rings (SSSR count). The summed E-state index contributed by atoms with van der Waals surface area (Å²) in [6.07, 6.45) is 5.43. The van der Waals surface area contributed by atoms with Crippen LogP contribution < -0.4 is 14.8 Å². The van der Waals surface area contributed by atoms with Crippen LogP contribution in [0.25, 0.3) is 16.8 Å². The molecule has 4 aromatic rings. The van der Waals surface area contributed by atoms with Crippen molar-refractivity contribution >= 4 is 23.0 Å². The number of ether oxygens (including phenoxy) is 2. The average molecular weight is 489 g/mol. The minimum Gasteiger partial charge on any atom is -0.496 e. The molecule has 1 atom stereocenters. The van der Waals surface area contributed by atoms with Crippen molar-refractivity contribution in [1.82, 2.24) is 9.61 Å². The molecule has 3 aromatic heterocycles. The van der Waals surface area contributed by atoms with Gasteiger partial charge in [-0.25, -0.2) is 4.52 Å². The van der Waals surface area contributed by atoms with Gasteiger partial charge in [0, 0.05) is 0 Å². The molecule has 7 nitrogen and oxygen atoms in total. The molecule has 0 aliphatic heterocycles. The summed E-state index contributed by atoms with van der Waals surface area (Å²) in [7, 11) is 3.34. The van der Waals surface area contributed by atoms with E-state index < -0.39 is 0 Å². The summed E-state index contributed by atoms with van der Waals surface area (Å²) < 4.78 is 19.3. The zero-order chi connectivity index (χ0) is 24.5. The van der Waals surface area contributed by atoms with Crippen molar-refractivity contribution in [2.75, 3.05) is 25.8 Å². The second-order valence-electron chi connectivity index (χ2n) is 8.83. The van der Waals surface area contributed by atoms with Gasteiger partial charge in [0.05, 0.1) is 42.7 Å². The van der Waals surface area contributed by atoms with Gasteiger partial charge in [0.1, 0.15) is 28.4 Å². The summed E-state index contributed by atoms with van der Waals surface area (Å²) in [5, 5.41) is 18.8. The number of hydrogen-bond donors (Lipinski definition) is 1. The van der Waals surface area contributed by atoms with E-state index in [1.54, 1.807) is 32.0 Å². The van der Waals surface area contributed by atoms with Gasteiger partial charge in [-0.15, -0.1) is 11.8 Å². The number of nitriles is 1. The summed E-state index contributed by atoms with van der Waals surface area (Å²) in [5.41, 5.74) is 4.69. The Hall–Kier alpha value is -3.57. The number of thioether (sulfide) groups is 1. The second kappa shape index (κ2) is 9.59. The third-order valence-electron chi connectivity index (χ3n) is 6.39. The lowest BCUT2D eigenvalue weighted by molar-refractivity contribution is 0.396. The van der Waals surface area contributed by atoms with Crippen molar-refractivity contribution < 1.29 is 13.9 Å². The number of nitrogens with zero attached hydrogens (tertiary/aromatic N) is 3. The van der Waals surface area contributed by atoms with E-state index in [0.29, 0.717) is 11.7 Å².